The van der Waals surface area contributed by atoms with Crippen LogP contribution < -0.4 is 0 Å². The Bertz CT molecular complexity index is 581. The van der Waals surface area contributed by atoms with Crippen LogP contribution in [-0.4, -0.2) is 54.6 Å². The van der Waals surface area contributed by atoms with Crippen LogP contribution in [0.1, 0.15) is 40.5 Å². The highest BCUT2D eigenvalue weighted by Crippen LogP contribution is 2.21. The SMILES string of the molecule is CC(=O)OC(CCC#N)[C@@H](OC(C)=O)[C@@H](OC(C)=O)[C@@H](C=O)OC(C)=O. The van der Waals surface area contributed by atoms with E-state index in [1.807, 2.05) is 6.07 Å². The molecule has 0 spiro atoms. The zero-order chi connectivity index (χ0) is 20.3. The highest BCUT2D eigenvalue weighted by Gasteiger charge is 2.43. The molecular weight excluding hydrogens is 350 g/mol. The van der Waals surface area contributed by atoms with Gasteiger partial charge < -0.3 is 18.9 Å². The van der Waals surface area contributed by atoms with Crippen molar-refractivity contribution >= 4 is 30.2 Å². The van der Waals surface area contributed by atoms with E-state index in [-0.39, 0.29) is 19.1 Å². The molecule has 144 valence electrons. The highest BCUT2D eigenvalue weighted by atomic mass is 16.6. The average molecular weight is 371 g/mol. The summed E-state index contributed by atoms with van der Waals surface area (Å²) in [6, 6.07) is 1.84. The molecule has 0 rings (SSSR count). The number of carbonyl (C=O) groups is 5. The van der Waals surface area contributed by atoms with Gasteiger partial charge in [0.15, 0.2) is 24.6 Å². The lowest BCUT2D eigenvalue weighted by Crippen LogP contribution is -2.52. The zero-order valence-corrected chi connectivity index (χ0v) is 14.9. The monoisotopic (exact) mass is 371 g/mol. The van der Waals surface area contributed by atoms with Gasteiger partial charge in [0.05, 0.1) is 6.07 Å². The predicted octanol–water partition coefficient (Wildman–Crippen LogP) is 0.216. The molecule has 0 aromatic rings. The van der Waals surface area contributed by atoms with Crippen molar-refractivity contribution in [2.45, 2.75) is 65.0 Å². The number of carbonyl (C=O) groups excluding carboxylic acids is 5. The molecule has 0 bridgehead atoms. The molecular formula is C16H21NO9. The van der Waals surface area contributed by atoms with Crippen LogP contribution in [0.5, 0.6) is 0 Å². The topological polar surface area (TPSA) is 146 Å². The predicted molar refractivity (Wildman–Crippen MR) is 83.1 cm³/mol. The summed E-state index contributed by atoms with van der Waals surface area (Å²) in [6.45, 7) is 4.20. The minimum atomic E-state index is -1.61. The van der Waals surface area contributed by atoms with Crippen LogP contribution in [0.4, 0.5) is 0 Å². The Kier molecular flexibility index (Phi) is 10.3. The van der Waals surface area contributed by atoms with E-state index in [2.05, 4.69) is 0 Å². The minimum absolute atomic E-state index is 0.0720. The summed E-state index contributed by atoms with van der Waals surface area (Å²) in [4.78, 5) is 56.8. The highest BCUT2D eigenvalue weighted by molar-refractivity contribution is 5.72. The van der Waals surface area contributed by atoms with Gasteiger partial charge >= 0.3 is 23.9 Å². The summed E-state index contributed by atoms with van der Waals surface area (Å²) in [7, 11) is 0. The average Bonchev–Trinajstić information content (AvgIpc) is 2.51. The Hall–Kier alpha value is -2.96. The summed E-state index contributed by atoms with van der Waals surface area (Å²) >= 11 is 0. The first-order valence-corrected chi connectivity index (χ1v) is 7.63. The van der Waals surface area contributed by atoms with Crippen LogP contribution in [0.3, 0.4) is 0 Å². The van der Waals surface area contributed by atoms with E-state index in [0.717, 1.165) is 27.7 Å². The van der Waals surface area contributed by atoms with Gasteiger partial charge in [-0.1, -0.05) is 0 Å². The van der Waals surface area contributed by atoms with Crippen LogP contribution in [0.15, 0.2) is 0 Å². The molecule has 26 heavy (non-hydrogen) atoms. The fourth-order valence-corrected chi connectivity index (χ4v) is 2.13. The van der Waals surface area contributed by atoms with Gasteiger partial charge in [-0.05, 0) is 0 Å². The third kappa shape index (κ3) is 8.77. The van der Waals surface area contributed by atoms with E-state index in [1.54, 1.807) is 0 Å². The fourth-order valence-electron chi connectivity index (χ4n) is 2.13. The van der Waals surface area contributed by atoms with E-state index in [1.165, 1.54) is 0 Å². The van der Waals surface area contributed by atoms with Gasteiger partial charge in [-0.3, -0.25) is 24.0 Å². The molecule has 0 saturated carbocycles. The van der Waals surface area contributed by atoms with Crippen LogP contribution in [0.25, 0.3) is 0 Å². The number of nitrogens with zero attached hydrogens (tertiary/aromatic N) is 1. The second kappa shape index (κ2) is 11.6. The van der Waals surface area contributed by atoms with Crippen molar-refractivity contribution in [2.24, 2.45) is 0 Å². The molecule has 0 N–H and O–H groups in total. The van der Waals surface area contributed by atoms with E-state index in [9.17, 15) is 24.0 Å². The number of rotatable bonds is 10. The van der Waals surface area contributed by atoms with Crippen LogP contribution in [0, 0.1) is 11.3 Å². The normalized spacial score (nSPS) is 14.6. The number of hydrogen-bond acceptors (Lipinski definition) is 10. The van der Waals surface area contributed by atoms with E-state index in [4.69, 9.17) is 24.2 Å². The molecule has 0 aromatic carbocycles. The molecule has 0 aliphatic heterocycles. The maximum atomic E-state index is 11.5. The Balaban J connectivity index is 5.96. The van der Waals surface area contributed by atoms with E-state index in [0.29, 0.717) is 0 Å². The first-order valence-electron chi connectivity index (χ1n) is 7.63. The quantitative estimate of drug-likeness (QED) is 0.297. The number of ether oxygens (including phenoxy) is 4. The summed E-state index contributed by atoms with van der Waals surface area (Å²) in [5.74, 6) is -3.27. The number of aldehydes is 1. The Morgan fingerprint density at radius 2 is 1.31 bits per heavy atom. The van der Waals surface area contributed by atoms with Crippen molar-refractivity contribution in [3.8, 4) is 6.07 Å². The maximum absolute atomic E-state index is 11.5. The third-order valence-electron chi connectivity index (χ3n) is 2.91. The lowest BCUT2D eigenvalue weighted by atomic mass is 9.99. The first kappa shape index (κ1) is 23.0. The van der Waals surface area contributed by atoms with Crippen LogP contribution in [-0.2, 0) is 42.9 Å². The van der Waals surface area contributed by atoms with Crippen molar-refractivity contribution in [3.63, 3.8) is 0 Å². The molecule has 10 nitrogen and oxygen atoms in total. The van der Waals surface area contributed by atoms with Crippen LogP contribution >= 0.6 is 0 Å². The second-order valence-electron chi connectivity index (χ2n) is 5.20. The second-order valence-corrected chi connectivity index (χ2v) is 5.20. The molecule has 0 heterocycles. The van der Waals surface area contributed by atoms with Crippen molar-refractivity contribution in [2.75, 3.05) is 0 Å². The molecule has 0 saturated heterocycles. The lowest BCUT2D eigenvalue weighted by molar-refractivity contribution is -0.197. The fraction of sp³-hybridized carbons (Fsp3) is 0.625. The smallest absolute Gasteiger partial charge is 0.303 e. The van der Waals surface area contributed by atoms with Crippen molar-refractivity contribution in [1.29, 1.82) is 5.26 Å². The van der Waals surface area contributed by atoms with Crippen LogP contribution in [0.2, 0.25) is 0 Å². The Morgan fingerprint density at radius 3 is 1.69 bits per heavy atom. The third-order valence-corrected chi connectivity index (χ3v) is 2.91. The summed E-state index contributed by atoms with van der Waals surface area (Å²) in [6.07, 6.45) is -5.82. The van der Waals surface area contributed by atoms with Gasteiger partial charge in [-0.25, -0.2) is 0 Å². The molecule has 0 amide bonds. The van der Waals surface area contributed by atoms with Gasteiger partial charge in [0.25, 0.3) is 0 Å². The van der Waals surface area contributed by atoms with Gasteiger partial charge in [0.2, 0.25) is 0 Å². The molecule has 0 aromatic heterocycles. The number of hydrogen-bond donors (Lipinski definition) is 0. The number of nitriles is 1. The van der Waals surface area contributed by atoms with Gasteiger partial charge in [0, 0.05) is 40.5 Å². The van der Waals surface area contributed by atoms with Crippen molar-refractivity contribution in [1.82, 2.24) is 0 Å². The van der Waals surface area contributed by atoms with Crippen molar-refractivity contribution < 1.29 is 42.9 Å². The van der Waals surface area contributed by atoms with Gasteiger partial charge in [-0.15, -0.1) is 0 Å². The molecule has 0 fully saturated rings. The largest absolute Gasteiger partial charge is 0.458 e. The first-order chi connectivity index (χ1) is 12.1. The molecule has 0 aliphatic carbocycles. The van der Waals surface area contributed by atoms with Gasteiger partial charge in [0.1, 0.15) is 6.10 Å². The lowest BCUT2D eigenvalue weighted by Gasteiger charge is -2.33. The van der Waals surface area contributed by atoms with E-state index < -0.39 is 48.3 Å². The maximum Gasteiger partial charge on any atom is 0.303 e. The summed E-state index contributed by atoms with van der Waals surface area (Å²) in [5.41, 5.74) is 0. The zero-order valence-electron chi connectivity index (χ0n) is 14.9. The van der Waals surface area contributed by atoms with Crippen molar-refractivity contribution in [3.05, 3.63) is 0 Å². The molecule has 10 heteroatoms. The molecule has 0 aliphatic rings. The number of esters is 4. The standard InChI is InChI=1S/C16H21NO9/c1-9(19)23-13(6-5-7-17)15(25-11(3)21)16(26-12(4)22)14(8-18)24-10(2)20/h8,13-16H,5-6H2,1-4H3/t13?,14-,15-,16+/m1/s1. The Labute approximate surface area is 150 Å². The minimum Gasteiger partial charge on any atom is -0.458 e. The molecule has 0 radical (unpaired) electrons. The molecule has 4 atom stereocenters. The van der Waals surface area contributed by atoms with E-state index >= 15 is 0 Å². The molecule has 1 unspecified atom stereocenters. The summed E-state index contributed by atoms with van der Waals surface area (Å²) < 4.78 is 20.0. The Morgan fingerprint density at radius 1 is 0.846 bits per heavy atom. The van der Waals surface area contributed by atoms with Gasteiger partial charge in [-0.2, -0.15) is 5.26 Å². The summed E-state index contributed by atoms with van der Waals surface area (Å²) in [5, 5.41) is 8.76.